The van der Waals surface area contributed by atoms with Gasteiger partial charge >= 0.3 is 0 Å². The Balaban J connectivity index is 2.20. The summed E-state index contributed by atoms with van der Waals surface area (Å²) in [5, 5.41) is 10.6. The smallest absolute Gasteiger partial charge is 0.0723 e. The number of hydrogen-bond acceptors (Lipinski definition) is 2. The van der Waals surface area contributed by atoms with E-state index in [4.69, 9.17) is 5.73 Å². The lowest BCUT2D eigenvalue weighted by Gasteiger charge is -2.55. The highest BCUT2D eigenvalue weighted by Gasteiger charge is 2.59. The van der Waals surface area contributed by atoms with Gasteiger partial charge in [0.2, 0.25) is 0 Å². The molecule has 2 heteroatoms. The van der Waals surface area contributed by atoms with Crippen molar-refractivity contribution in [2.45, 2.75) is 51.6 Å². The molecule has 0 aromatic carbocycles. The van der Waals surface area contributed by atoms with E-state index in [-0.39, 0.29) is 5.41 Å². The molecule has 2 rings (SSSR count). The largest absolute Gasteiger partial charge is 0.389 e. The number of hydrogen-bond donors (Lipinski definition) is 2. The minimum atomic E-state index is -0.433. The van der Waals surface area contributed by atoms with Gasteiger partial charge in [0.25, 0.3) is 0 Å². The summed E-state index contributed by atoms with van der Waals surface area (Å²) in [4.78, 5) is 0. The van der Waals surface area contributed by atoms with Gasteiger partial charge < -0.3 is 10.8 Å². The number of nitrogens with two attached hydrogens (primary N) is 1. The van der Waals surface area contributed by atoms with Crippen molar-refractivity contribution >= 4 is 0 Å². The molecule has 2 fully saturated rings. The van der Waals surface area contributed by atoms with Crippen molar-refractivity contribution in [1.82, 2.24) is 0 Å². The van der Waals surface area contributed by atoms with E-state index in [2.05, 4.69) is 13.8 Å². The molecule has 2 aliphatic rings. The van der Waals surface area contributed by atoms with Gasteiger partial charge in [-0.2, -0.15) is 0 Å². The van der Waals surface area contributed by atoms with Crippen molar-refractivity contribution in [3.63, 3.8) is 0 Å². The van der Waals surface area contributed by atoms with Crippen LogP contribution in [0.4, 0.5) is 0 Å². The molecule has 2 aliphatic carbocycles. The summed E-state index contributed by atoms with van der Waals surface area (Å²) in [6.07, 6.45) is 5.56. The average molecular weight is 197 g/mol. The second kappa shape index (κ2) is 3.21. The lowest BCUT2D eigenvalue weighted by molar-refractivity contribution is -0.172. The van der Waals surface area contributed by atoms with Gasteiger partial charge in [-0.3, -0.25) is 0 Å². The summed E-state index contributed by atoms with van der Waals surface area (Å²) in [5.74, 6) is 1.29. The first kappa shape index (κ1) is 10.4. The van der Waals surface area contributed by atoms with Crippen molar-refractivity contribution in [3.05, 3.63) is 0 Å². The van der Waals surface area contributed by atoms with Crippen LogP contribution in [0.3, 0.4) is 0 Å². The molecule has 2 nitrogen and oxygen atoms in total. The Morgan fingerprint density at radius 2 is 2.00 bits per heavy atom. The highest BCUT2D eigenvalue weighted by molar-refractivity contribution is 5.10. The summed E-state index contributed by atoms with van der Waals surface area (Å²) >= 11 is 0. The Hall–Kier alpha value is -0.0800. The van der Waals surface area contributed by atoms with Gasteiger partial charge in [0.05, 0.1) is 5.60 Å². The number of aliphatic hydroxyl groups is 1. The average Bonchev–Trinajstić information content (AvgIpc) is 2.45. The predicted molar refractivity (Wildman–Crippen MR) is 57.9 cm³/mol. The number of rotatable bonds is 2. The summed E-state index contributed by atoms with van der Waals surface area (Å²) in [5.41, 5.74) is 5.55. The maximum atomic E-state index is 10.6. The molecule has 82 valence electrons. The first-order valence-corrected chi connectivity index (χ1v) is 5.96. The summed E-state index contributed by atoms with van der Waals surface area (Å²) in [7, 11) is 0. The third-order valence-electron chi connectivity index (χ3n) is 4.87. The van der Waals surface area contributed by atoms with Gasteiger partial charge in [-0.1, -0.05) is 26.7 Å². The van der Waals surface area contributed by atoms with Crippen molar-refractivity contribution in [1.29, 1.82) is 0 Å². The Morgan fingerprint density at radius 3 is 2.36 bits per heavy atom. The van der Waals surface area contributed by atoms with E-state index < -0.39 is 5.60 Å². The first-order valence-electron chi connectivity index (χ1n) is 5.96. The van der Waals surface area contributed by atoms with Crippen molar-refractivity contribution < 1.29 is 5.11 Å². The van der Waals surface area contributed by atoms with Crippen LogP contribution in [0.15, 0.2) is 0 Å². The fraction of sp³-hybridized carbons (Fsp3) is 1.00. The Kier molecular flexibility index (Phi) is 2.39. The van der Waals surface area contributed by atoms with Gasteiger partial charge in [0.15, 0.2) is 0 Å². The van der Waals surface area contributed by atoms with E-state index >= 15 is 0 Å². The van der Waals surface area contributed by atoms with Crippen molar-refractivity contribution in [2.75, 3.05) is 6.54 Å². The minimum Gasteiger partial charge on any atom is -0.389 e. The van der Waals surface area contributed by atoms with E-state index in [1.54, 1.807) is 0 Å². The molecule has 0 aromatic heterocycles. The molecule has 0 bridgehead atoms. The maximum Gasteiger partial charge on any atom is 0.0723 e. The molecule has 0 heterocycles. The summed E-state index contributed by atoms with van der Waals surface area (Å²) < 4.78 is 0. The van der Waals surface area contributed by atoms with Crippen LogP contribution in [0.2, 0.25) is 0 Å². The van der Waals surface area contributed by atoms with E-state index in [9.17, 15) is 5.11 Å². The normalized spacial score (nSPS) is 53.1. The Bertz CT molecular complexity index is 222. The highest BCUT2D eigenvalue weighted by Crippen LogP contribution is 2.58. The standard InChI is InChI=1S/C12H23NO/c1-9-6-12(14,7-9)11(8-13)5-3-4-10(11)2/h9-10,14H,3-8,13H2,1-2H3. The molecule has 2 atom stereocenters. The van der Waals surface area contributed by atoms with E-state index in [1.165, 1.54) is 12.8 Å². The second-order valence-corrected chi connectivity index (χ2v) is 5.70. The van der Waals surface area contributed by atoms with Gasteiger partial charge in [-0.05, 0) is 31.1 Å². The SMILES string of the molecule is CC1CC(O)(C2(CN)CCCC2C)C1. The second-order valence-electron chi connectivity index (χ2n) is 5.70. The van der Waals surface area contributed by atoms with Crippen LogP contribution in [-0.4, -0.2) is 17.3 Å². The quantitative estimate of drug-likeness (QED) is 0.710. The van der Waals surface area contributed by atoms with Crippen LogP contribution < -0.4 is 5.73 Å². The zero-order valence-corrected chi connectivity index (χ0v) is 9.42. The lowest BCUT2D eigenvalue weighted by Crippen LogP contribution is -2.60. The molecule has 3 N–H and O–H groups in total. The van der Waals surface area contributed by atoms with Gasteiger partial charge in [0.1, 0.15) is 0 Å². The molecule has 0 spiro atoms. The monoisotopic (exact) mass is 197 g/mol. The van der Waals surface area contributed by atoms with E-state index in [0.29, 0.717) is 18.4 Å². The molecule has 0 aromatic rings. The Morgan fingerprint density at radius 1 is 1.36 bits per heavy atom. The third kappa shape index (κ3) is 1.17. The highest BCUT2D eigenvalue weighted by atomic mass is 16.3. The predicted octanol–water partition coefficient (Wildman–Crippen LogP) is 1.91. The fourth-order valence-corrected chi connectivity index (χ4v) is 3.93. The lowest BCUT2D eigenvalue weighted by atomic mass is 9.54. The molecule has 0 radical (unpaired) electrons. The van der Waals surface area contributed by atoms with Crippen LogP contribution in [-0.2, 0) is 0 Å². The van der Waals surface area contributed by atoms with Crippen molar-refractivity contribution in [2.24, 2.45) is 23.0 Å². The molecular formula is C12H23NO. The van der Waals surface area contributed by atoms with Crippen LogP contribution in [0.5, 0.6) is 0 Å². The molecular weight excluding hydrogens is 174 g/mol. The maximum absolute atomic E-state index is 10.6. The zero-order valence-electron chi connectivity index (χ0n) is 9.42. The van der Waals surface area contributed by atoms with Crippen LogP contribution in [0, 0.1) is 17.3 Å². The van der Waals surface area contributed by atoms with Crippen LogP contribution >= 0.6 is 0 Å². The zero-order chi connectivity index (χ0) is 10.4. The topological polar surface area (TPSA) is 46.2 Å². The molecule has 14 heavy (non-hydrogen) atoms. The molecule has 0 amide bonds. The first-order chi connectivity index (χ1) is 6.54. The fourth-order valence-electron chi connectivity index (χ4n) is 3.93. The van der Waals surface area contributed by atoms with Crippen LogP contribution in [0.1, 0.15) is 46.0 Å². The van der Waals surface area contributed by atoms with Gasteiger partial charge in [-0.25, -0.2) is 0 Å². The van der Waals surface area contributed by atoms with E-state index in [0.717, 1.165) is 19.3 Å². The summed E-state index contributed by atoms with van der Waals surface area (Å²) in [6.45, 7) is 5.15. The minimum absolute atomic E-state index is 0.0412. The molecule has 0 saturated heterocycles. The summed E-state index contributed by atoms with van der Waals surface area (Å²) in [6, 6.07) is 0. The molecule has 0 aliphatic heterocycles. The van der Waals surface area contributed by atoms with Gasteiger partial charge in [-0.15, -0.1) is 0 Å². The molecule has 2 unspecified atom stereocenters. The van der Waals surface area contributed by atoms with Gasteiger partial charge in [0, 0.05) is 12.0 Å². The Labute approximate surface area is 86.9 Å². The van der Waals surface area contributed by atoms with Crippen LogP contribution in [0.25, 0.3) is 0 Å². The third-order valence-corrected chi connectivity index (χ3v) is 4.87. The van der Waals surface area contributed by atoms with E-state index in [1.807, 2.05) is 0 Å². The van der Waals surface area contributed by atoms with Crippen molar-refractivity contribution in [3.8, 4) is 0 Å². The molecule has 2 saturated carbocycles.